The molecule has 6 nitrogen and oxygen atoms in total. The third-order valence-corrected chi connectivity index (χ3v) is 5.74. The molecule has 0 spiro atoms. The molecular formula is C24H27FN4O2. The first kappa shape index (κ1) is 21.0. The summed E-state index contributed by atoms with van der Waals surface area (Å²) in [5.41, 5.74) is 1.92. The van der Waals surface area contributed by atoms with Gasteiger partial charge >= 0.3 is 5.69 Å². The number of amides is 1. The van der Waals surface area contributed by atoms with Crippen LogP contribution in [0.15, 0.2) is 59.4 Å². The van der Waals surface area contributed by atoms with E-state index in [2.05, 4.69) is 22.5 Å². The third kappa shape index (κ3) is 5.48. The second-order valence-corrected chi connectivity index (χ2v) is 8.07. The van der Waals surface area contributed by atoms with Crippen molar-refractivity contribution in [3.63, 3.8) is 0 Å². The molecule has 1 aromatic heterocycles. The number of benzene rings is 2. The van der Waals surface area contributed by atoms with Crippen LogP contribution in [0.25, 0.3) is 0 Å². The molecule has 162 valence electrons. The van der Waals surface area contributed by atoms with Crippen LogP contribution in [0.4, 0.5) is 4.39 Å². The molecule has 31 heavy (non-hydrogen) atoms. The maximum Gasteiger partial charge on any atom is 0.346 e. The summed E-state index contributed by atoms with van der Waals surface area (Å²) in [5.74, 6) is 0.506. The average molecular weight is 423 g/mol. The van der Waals surface area contributed by atoms with Crippen molar-refractivity contribution in [2.45, 2.75) is 57.7 Å². The van der Waals surface area contributed by atoms with Crippen LogP contribution < -0.4 is 11.0 Å². The van der Waals surface area contributed by atoms with Gasteiger partial charge in [0.05, 0.1) is 6.54 Å². The largest absolute Gasteiger partial charge is 0.353 e. The summed E-state index contributed by atoms with van der Waals surface area (Å²) >= 11 is 0. The number of aromatic nitrogens is 3. The van der Waals surface area contributed by atoms with Crippen LogP contribution in [0, 0.1) is 5.82 Å². The van der Waals surface area contributed by atoms with Gasteiger partial charge in [-0.3, -0.25) is 9.36 Å². The van der Waals surface area contributed by atoms with Crippen LogP contribution in [-0.4, -0.2) is 26.3 Å². The molecule has 0 fully saturated rings. The molecule has 1 unspecified atom stereocenters. The summed E-state index contributed by atoms with van der Waals surface area (Å²) in [4.78, 5) is 25.1. The highest BCUT2D eigenvalue weighted by molar-refractivity contribution is 5.76. The number of aryl methyl sites for hydroxylation is 2. The second kappa shape index (κ2) is 9.73. The molecule has 2 heterocycles. The number of nitrogens with one attached hydrogen (secondary N) is 1. The SMILES string of the molecule is O=C(CCCc1ccccc1)NC1CCc2nn(Cc3ccc(F)cc3)c(=O)n2CC1. The fraction of sp³-hybridized carbons (Fsp3) is 0.375. The zero-order valence-electron chi connectivity index (χ0n) is 17.5. The number of halogens is 1. The Balaban J connectivity index is 1.28. The molecule has 0 saturated carbocycles. The van der Waals surface area contributed by atoms with E-state index < -0.39 is 0 Å². The van der Waals surface area contributed by atoms with Crippen molar-refractivity contribution < 1.29 is 9.18 Å². The third-order valence-electron chi connectivity index (χ3n) is 5.74. The van der Waals surface area contributed by atoms with E-state index in [9.17, 15) is 14.0 Å². The van der Waals surface area contributed by atoms with Gasteiger partial charge in [0.25, 0.3) is 0 Å². The maximum atomic E-state index is 13.1. The van der Waals surface area contributed by atoms with E-state index in [-0.39, 0.29) is 23.5 Å². The van der Waals surface area contributed by atoms with Gasteiger partial charge in [0, 0.05) is 25.4 Å². The van der Waals surface area contributed by atoms with E-state index in [0.717, 1.165) is 30.7 Å². The smallest absolute Gasteiger partial charge is 0.346 e. The normalized spacial score (nSPS) is 15.8. The molecular weight excluding hydrogens is 395 g/mol. The summed E-state index contributed by atoms with van der Waals surface area (Å²) in [5, 5.41) is 7.61. The molecule has 2 aromatic carbocycles. The Bertz CT molecular complexity index is 1070. The number of rotatable bonds is 7. The Hall–Kier alpha value is -3.22. The highest BCUT2D eigenvalue weighted by Gasteiger charge is 2.22. The molecule has 4 rings (SSSR count). The minimum atomic E-state index is -0.301. The highest BCUT2D eigenvalue weighted by atomic mass is 19.1. The molecule has 3 aromatic rings. The summed E-state index contributed by atoms with van der Waals surface area (Å²) in [7, 11) is 0. The highest BCUT2D eigenvalue weighted by Crippen LogP contribution is 2.13. The Morgan fingerprint density at radius 3 is 2.61 bits per heavy atom. The first-order chi connectivity index (χ1) is 15.1. The molecule has 0 saturated heterocycles. The first-order valence-corrected chi connectivity index (χ1v) is 10.8. The Kier molecular flexibility index (Phi) is 6.60. The van der Waals surface area contributed by atoms with Gasteiger partial charge in [-0.05, 0) is 48.9 Å². The predicted octanol–water partition coefficient (Wildman–Crippen LogP) is 3.08. The van der Waals surface area contributed by atoms with Gasteiger partial charge in [-0.2, -0.15) is 5.10 Å². The lowest BCUT2D eigenvalue weighted by Crippen LogP contribution is -2.35. The van der Waals surface area contributed by atoms with Gasteiger partial charge in [0.15, 0.2) is 0 Å². The summed E-state index contributed by atoms with van der Waals surface area (Å²) < 4.78 is 16.2. The van der Waals surface area contributed by atoms with Gasteiger partial charge in [0.1, 0.15) is 11.6 Å². The van der Waals surface area contributed by atoms with Crippen LogP contribution in [0.5, 0.6) is 0 Å². The van der Waals surface area contributed by atoms with Gasteiger partial charge in [-0.15, -0.1) is 0 Å². The van der Waals surface area contributed by atoms with Gasteiger partial charge in [-0.1, -0.05) is 42.5 Å². The number of nitrogens with zero attached hydrogens (tertiary/aromatic N) is 3. The molecule has 1 atom stereocenters. The van der Waals surface area contributed by atoms with Gasteiger partial charge in [0.2, 0.25) is 5.91 Å². The van der Waals surface area contributed by atoms with E-state index in [1.165, 1.54) is 22.4 Å². The molecule has 0 bridgehead atoms. The summed E-state index contributed by atoms with van der Waals surface area (Å²) in [6, 6.07) is 16.3. The van der Waals surface area contributed by atoms with Crippen molar-refractivity contribution in [2.24, 2.45) is 0 Å². The molecule has 0 radical (unpaired) electrons. The van der Waals surface area contributed by atoms with E-state index in [1.54, 1.807) is 16.7 Å². The molecule has 1 aliphatic rings. The van der Waals surface area contributed by atoms with E-state index in [0.29, 0.717) is 32.4 Å². The quantitative estimate of drug-likeness (QED) is 0.636. The Labute approximate surface area is 180 Å². The molecule has 1 amide bonds. The molecule has 1 N–H and O–H groups in total. The maximum absolute atomic E-state index is 13.1. The van der Waals surface area contributed by atoms with Crippen molar-refractivity contribution in [3.05, 3.63) is 87.9 Å². The Morgan fingerprint density at radius 2 is 1.84 bits per heavy atom. The van der Waals surface area contributed by atoms with Crippen molar-refractivity contribution in [2.75, 3.05) is 0 Å². The van der Waals surface area contributed by atoms with Crippen LogP contribution in [0.2, 0.25) is 0 Å². The predicted molar refractivity (Wildman–Crippen MR) is 116 cm³/mol. The van der Waals surface area contributed by atoms with E-state index >= 15 is 0 Å². The number of fused-ring (bicyclic) bond motifs is 1. The van der Waals surface area contributed by atoms with Crippen LogP contribution in [0.3, 0.4) is 0 Å². The van der Waals surface area contributed by atoms with E-state index in [4.69, 9.17) is 0 Å². The van der Waals surface area contributed by atoms with Gasteiger partial charge in [-0.25, -0.2) is 13.9 Å². The lowest BCUT2D eigenvalue weighted by Gasteiger charge is -2.16. The lowest BCUT2D eigenvalue weighted by molar-refractivity contribution is -0.122. The molecule has 1 aliphatic heterocycles. The van der Waals surface area contributed by atoms with Crippen molar-refractivity contribution in [1.29, 1.82) is 0 Å². The summed E-state index contributed by atoms with van der Waals surface area (Å²) in [6.45, 7) is 0.854. The number of hydrogen-bond acceptors (Lipinski definition) is 3. The van der Waals surface area contributed by atoms with E-state index in [1.807, 2.05) is 18.2 Å². The fourth-order valence-electron chi connectivity index (χ4n) is 4.04. The minimum Gasteiger partial charge on any atom is -0.353 e. The zero-order valence-corrected chi connectivity index (χ0v) is 17.5. The molecule has 7 heteroatoms. The Morgan fingerprint density at radius 1 is 1.06 bits per heavy atom. The topological polar surface area (TPSA) is 68.9 Å². The first-order valence-electron chi connectivity index (χ1n) is 10.8. The molecule has 0 aliphatic carbocycles. The summed E-state index contributed by atoms with van der Waals surface area (Å²) in [6.07, 6.45) is 4.32. The van der Waals surface area contributed by atoms with Crippen LogP contribution in [0.1, 0.15) is 42.6 Å². The number of carbonyl (C=O) groups is 1. The number of hydrogen-bond donors (Lipinski definition) is 1. The van der Waals surface area contributed by atoms with Crippen LogP contribution in [-0.2, 0) is 30.7 Å². The monoisotopic (exact) mass is 422 g/mol. The second-order valence-electron chi connectivity index (χ2n) is 8.07. The van der Waals surface area contributed by atoms with Crippen molar-refractivity contribution >= 4 is 5.91 Å². The van der Waals surface area contributed by atoms with Crippen molar-refractivity contribution in [1.82, 2.24) is 19.7 Å². The van der Waals surface area contributed by atoms with Crippen molar-refractivity contribution in [3.8, 4) is 0 Å². The minimum absolute atomic E-state index is 0.0517. The zero-order chi connectivity index (χ0) is 21.6. The number of carbonyl (C=O) groups excluding carboxylic acids is 1. The van der Waals surface area contributed by atoms with Gasteiger partial charge < -0.3 is 5.32 Å². The van der Waals surface area contributed by atoms with Crippen LogP contribution >= 0.6 is 0 Å². The standard InChI is InChI=1S/C24H27FN4O2/c25-20-11-9-19(10-12-20)17-29-24(31)28-16-15-21(13-14-22(28)27-29)26-23(30)8-4-7-18-5-2-1-3-6-18/h1-3,5-6,9-12,21H,4,7-8,13-17H2,(H,26,30). The lowest BCUT2D eigenvalue weighted by atomic mass is 10.1. The average Bonchev–Trinajstić information content (AvgIpc) is 2.93. The fourth-order valence-corrected chi connectivity index (χ4v) is 4.04.